The molecule has 156 valence electrons. The Morgan fingerprint density at radius 1 is 1.10 bits per heavy atom. The lowest BCUT2D eigenvalue weighted by atomic mass is 10.2. The van der Waals surface area contributed by atoms with Crippen LogP contribution in [0.4, 0.5) is 5.69 Å². The Balaban J connectivity index is 1.74. The number of carbonyl (C=O) groups excluding carboxylic acids is 1. The molecular formula is C20H24N2O6S. The summed E-state index contributed by atoms with van der Waals surface area (Å²) in [6, 6.07) is 10.8. The van der Waals surface area contributed by atoms with E-state index in [1.165, 1.54) is 29.6 Å². The number of carbonyl (C=O) groups is 1. The van der Waals surface area contributed by atoms with E-state index >= 15 is 0 Å². The standard InChI is InChI=1S/C20H24N2O6S/c1-27-18-10-9-15(13-19(18)29(25,26)22-11-5-2-6-12-22)21-20(24)14-28-17-8-4-3-7-16(17)23/h3-4,7-10,13,23H,2,5-6,11-12,14H2,1H3,(H,21,24). The number of nitrogens with zero attached hydrogens (tertiary/aromatic N) is 1. The molecule has 2 N–H and O–H groups in total. The number of phenols is 1. The minimum Gasteiger partial charge on any atom is -0.504 e. The Kier molecular flexibility index (Phi) is 6.60. The molecule has 0 aromatic heterocycles. The summed E-state index contributed by atoms with van der Waals surface area (Å²) in [4.78, 5) is 12.2. The highest BCUT2D eigenvalue weighted by Crippen LogP contribution is 2.31. The number of para-hydroxylation sites is 2. The second-order valence-corrected chi connectivity index (χ2v) is 8.54. The molecule has 0 radical (unpaired) electrons. The van der Waals surface area contributed by atoms with Crippen LogP contribution in [0.3, 0.4) is 0 Å². The Hall–Kier alpha value is -2.78. The van der Waals surface area contributed by atoms with Gasteiger partial charge in [-0.2, -0.15) is 4.31 Å². The lowest BCUT2D eigenvalue weighted by Crippen LogP contribution is -2.35. The Morgan fingerprint density at radius 3 is 2.52 bits per heavy atom. The average molecular weight is 420 g/mol. The van der Waals surface area contributed by atoms with Crippen molar-refractivity contribution >= 4 is 21.6 Å². The van der Waals surface area contributed by atoms with Crippen molar-refractivity contribution in [2.24, 2.45) is 0 Å². The second kappa shape index (κ2) is 9.15. The first kappa shape index (κ1) is 20.9. The van der Waals surface area contributed by atoms with E-state index in [1.807, 2.05) is 0 Å². The third-order valence-corrected chi connectivity index (χ3v) is 6.52. The lowest BCUT2D eigenvalue weighted by molar-refractivity contribution is -0.118. The van der Waals surface area contributed by atoms with Gasteiger partial charge in [-0.25, -0.2) is 8.42 Å². The maximum Gasteiger partial charge on any atom is 0.262 e. The van der Waals surface area contributed by atoms with Gasteiger partial charge in [0.15, 0.2) is 18.1 Å². The van der Waals surface area contributed by atoms with Crippen molar-refractivity contribution in [2.45, 2.75) is 24.2 Å². The first-order chi connectivity index (χ1) is 13.9. The molecular weight excluding hydrogens is 396 g/mol. The predicted molar refractivity (Wildman–Crippen MR) is 108 cm³/mol. The number of nitrogens with one attached hydrogen (secondary N) is 1. The number of aromatic hydroxyl groups is 1. The van der Waals surface area contributed by atoms with Gasteiger partial charge in [-0.15, -0.1) is 0 Å². The molecule has 9 heteroatoms. The normalized spacial score (nSPS) is 14.9. The van der Waals surface area contributed by atoms with E-state index in [9.17, 15) is 18.3 Å². The largest absolute Gasteiger partial charge is 0.504 e. The monoisotopic (exact) mass is 420 g/mol. The number of amides is 1. The van der Waals surface area contributed by atoms with Crippen molar-refractivity contribution in [3.8, 4) is 17.2 Å². The third kappa shape index (κ3) is 4.99. The molecule has 2 aromatic rings. The number of rotatable bonds is 7. The van der Waals surface area contributed by atoms with Crippen LogP contribution in [0.2, 0.25) is 0 Å². The van der Waals surface area contributed by atoms with E-state index < -0.39 is 15.9 Å². The van der Waals surface area contributed by atoms with Gasteiger partial charge in [-0.3, -0.25) is 4.79 Å². The number of hydrogen-bond acceptors (Lipinski definition) is 6. The quantitative estimate of drug-likeness (QED) is 0.713. The molecule has 1 aliphatic heterocycles. The SMILES string of the molecule is COc1ccc(NC(=O)COc2ccccc2O)cc1S(=O)(=O)N1CCCCC1. The number of benzene rings is 2. The first-order valence-corrected chi connectivity index (χ1v) is 10.7. The number of anilines is 1. The molecule has 0 aliphatic carbocycles. The van der Waals surface area contributed by atoms with E-state index in [0.717, 1.165) is 19.3 Å². The predicted octanol–water partition coefficient (Wildman–Crippen LogP) is 2.59. The highest BCUT2D eigenvalue weighted by Gasteiger charge is 2.29. The van der Waals surface area contributed by atoms with Gasteiger partial charge in [-0.1, -0.05) is 18.6 Å². The van der Waals surface area contributed by atoms with E-state index in [1.54, 1.807) is 24.3 Å². The Bertz CT molecular complexity index is 971. The maximum absolute atomic E-state index is 13.0. The molecule has 1 heterocycles. The van der Waals surface area contributed by atoms with Crippen LogP contribution in [0.25, 0.3) is 0 Å². The zero-order valence-corrected chi connectivity index (χ0v) is 16.9. The van der Waals surface area contributed by atoms with Crippen molar-refractivity contribution in [3.05, 3.63) is 42.5 Å². The van der Waals surface area contributed by atoms with Gasteiger partial charge in [0.25, 0.3) is 5.91 Å². The summed E-state index contributed by atoms with van der Waals surface area (Å²) in [6.07, 6.45) is 2.65. The zero-order chi connectivity index (χ0) is 20.9. The van der Waals surface area contributed by atoms with Crippen molar-refractivity contribution in [1.82, 2.24) is 4.31 Å². The fraction of sp³-hybridized carbons (Fsp3) is 0.350. The highest BCUT2D eigenvalue weighted by atomic mass is 32.2. The maximum atomic E-state index is 13.0. The number of phenolic OH excluding ortho intramolecular Hbond substituents is 1. The molecule has 8 nitrogen and oxygen atoms in total. The molecule has 0 bridgehead atoms. The van der Waals surface area contributed by atoms with Crippen LogP contribution >= 0.6 is 0 Å². The summed E-state index contributed by atoms with van der Waals surface area (Å²) in [5.74, 6) is -0.149. The number of methoxy groups -OCH3 is 1. The summed E-state index contributed by atoms with van der Waals surface area (Å²) >= 11 is 0. The van der Waals surface area contributed by atoms with Gasteiger partial charge in [0.1, 0.15) is 10.6 Å². The zero-order valence-electron chi connectivity index (χ0n) is 16.1. The topological polar surface area (TPSA) is 105 Å². The van der Waals surface area contributed by atoms with E-state index in [4.69, 9.17) is 9.47 Å². The fourth-order valence-electron chi connectivity index (χ4n) is 3.12. The summed E-state index contributed by atoms with van der Waals surface area (Å²) in [6.45, 7) is 0.602. The minimum atomic E-state index is -3.73. The van der Waals surface area contributed by atoms with E-state index in [-0.39, 0.29) is 28.8 Å². The molecule has 0 spiro atoms. The average Bonchev–Trinajstić information content (AvgIpc) is 2.74. The van der Waals surface area contributed by atoms with Gasteiger partial charge >= 0.3 is 0 Å². The van der Waals surface area contributed by atoms with Gasteiger partial charge in [0.05, 0.1) is 7.11 Å². The summed E-state index contributed by atoms with van der Waals surface area (Å²) in [7, 11) is -2.33. The number of ether oxygens (including phenoxy) is 2. The summed E-state index contributed by atoms with van der Waals surface area (Å²) in [5, 5.41) is 12.3. The van der Waals surface area contributed by atoms with Gasteiger partial charge in [0.2, 0.25) is 10.0 Å². The number of hydrogen-bond donors (Lipinski definition) is 2. The minimum absolute atomic E-state index is 0.0151. The summed E-state index contributed by atoms with van der Waals surface area (Å²) < 4.78 is 38.0. The van der Waals surface area contributed by atoms with Crippen LogP contribution in [-0.2, 0) is 14.8 Å². The second-order valence-electron chi connectivity index (χ2n) is 6.63. The molecule has 0 saturated carbocycles. The molecule has 1 aliphatic rings. The van der Waals surface area contributed by atoms with Gasteiger partial charge in [-0.05, 0) is 43.2 Å². The van der Waals surface area contributed by atoms with Crippen LogP contribution in [-0.4, -0.2) is 50.5 Å². The van der Waals surface area contributed by atoms with Crippen LogP contribution in [0.5, 0.6) is 17.2 Å². The molecule has 2 aromatic carbocycles. The van der Waals surface area contributed by atoms with Crippen LogP contribution in [0.15, 0.2) is 47.4 Å². The van der Waals surface area contributed by atoms with Crippen LogP contribution < -0.4 is 14.8 Å². The van der Waals surface area contributed by atoms with Gasteiger partial charge in [0, 0.05) is 18.8 Å². The number of sulfonamides is 1. The molecule has 29 heavy (non-hydrogen) atoms. The van der Waals surface area contributed by atoms with Crippen LogP contribution in [0, 0.1) is 0 Å². The molecule has 3 rings (SSSR count). The van der Waals surface area contributed by atoms with Crippen molar-refractivity contribution in [3.63, 3.8) is 0 Å². The third-order valence-electron chi connectivity index (χ3n) is 4.60. The Labute approximate surface area is 170 Å². The van der Waals surface area contributed by atoms with E-state index in [0.29, 0.717) is 18.8 Å². The van der Waals surface area contributed by atoms with E-state index in [2.05, 4.69) is 5.32 Å². The van der Waals surface area contributed by atoms with Crippen molar-refractivity contribution in [1.29, 1.82) is 0 Å². The fourth-order valence-corrected chi connectivity index (χ4v) is 4.82. The smallest absolute Gasteiger partial charge is 0.262 e. The molecule has 1 saturated heterocycles. The van der Waals surface area contributed by atoms with Crippen molar-refractivity contribution in [2.75, 3.05) is 32.1 Å². The van der Waals surface area contributed by atoms with Gasteiger partial charge < -0.3 is 19.9 Å². The molecule has 0 unspecified atom stereocenters. The molecule has 1 amide bonds. The highest BCUT2D eigenvalue weighted by molar-refractivity contribution is 7.89. The van der Waals surface area contributed by atoms with Crippen molar-refractivity contribution < 1.29 is 27.8 Å². The summed E-state index contributed by atoms with van der Waals surface area (Å²) in [5.41, 5.74) is 0.312. The molecule has 0 atom stereocenters. The number of piperidine rings is 1. The first-order valence-electron chi connectivity index (χ1n) is 9.30. The molecule has 1 fully saturated rings. The van der Waals surface area contributed by atoms with Crippen LogP contribution in [0.1, 0.15) is 19.3 Å². The Morgan fingerprint density at radius 2 is 1.83 bits per heavy atom. The lowest BCUT2D eigenvalue weighted by Gasteiger charge is -2.26.